The Hall–Kier alpha value is -1.38. The molecule has 2 heterocycles. The summed E-state index contributed by atoms with van der Waals surface area (Å²) < 4.78 is 0. The molecule has 6 nitrogen and oxygen atoms in total. The summed E-state index contributed by atoms with van der Waals surface area (Å²) in [5.74, 6) is -0.236. The Kier molecular flexibility index (Phi) is 4.56. The molecule has 0 unspecified atom stereocenters. The van der Waals surface area contributed by atoms with Crippen LogP contribution in [0.3, 0.4) is 0 Å². The van der Waals surface area contributed by atoms with Gasteiger partial charge in [-0.1, -0.05) is 11.3 Å². The van der Waals surface area contributed by atoms with Crippen LogP contribution in [-0.2, 0) is 6.42 Å². The number of aryl methyl sites for hydroxylation is 1. The fraction of sp³-hybridized carbons (Fsp3) is 0.455. The Morgan fingerprint density at radius 3 is 2.84 bits per heavy atom. The van der Waals surface area contributed by atoms with Crippen LogP contribution in [0.15, 0.2) is 5.38 Å². The van der Waals surface area contributed by atoms with Crippen molar-refractivity contribution in [2.24, 2.45) is 0 Å². The molecule has 0 spiro atoms. The van der Waals surface area contributed by atoms with Gasteiger partial charge in [0.2, 0.25) is 5.13 Å². The second kappa shape index (κ2) is 6.18. The summed E-state index contributed by atoms with van der Waals surface area (Å²) in [4.78, 5) is 18.1. The molecule has 0 bridgehead atoms. The van der Waals surface area contributed by atoms with Gasteiger partial charge in [0.05, 0.1) is 5.01 Å². The number of thiazole rings is 1. The van der Waals surface area contributed by atoms with Gasteiger partial charge in [0, 0.05) is 18.3 Å². The third kappa shape index (κ3) is 4.05. The first-order chi connectivity index (χ1) is 9.04. The van der Waals surface area contributed by atoms with Gasteiger partial charge in [-0.25, -0.2) is 4.98 Å². The van der Waals surface area contributed by atoms with Crippen LogP contribution in [0.25, 0.3) is 0 Å². The van der Waals surface area contributed by atoms with Crippen molar-refractivity contribution in [1.82, 2.24) is 20.1 Å². The molecule has 102 valence electrons. The Morgan fingerprint density at radius 1 is 1.42 bits per heavy atom. The lowest BCUT2D eigenvalue weighted by atomic mass is 10.4. The minimum absolute atomic E-state index is 0.236. The number of amides is 1. The number of rotatable bonds is 5. The fourth-order valence-corrected chi connectivity index (χ4v) is 2.67. The van der Waals surface area contributed by atoms with Crippen molar-refractivity contribution in [1.29, 1.82) is 0 Å². The topological polar surface area (TPSA) is 71.0 Å². The van der Waals surface area contributed by atoms with E-state index in [-0.39, 0.29) is 5.91 Å². The van der Waals surface area contributed by atoms with E-state index in [0.29, 0.717) is 10.8 Å². The Labute approximate surface area is 119 Å². The molecule has 0 aromatic carbocycles. The number of nitrogens with one attached hydrogen (secondary N) is 1. The van der Waals surface area contributed by atoms with Crippen molar-refractivity contribution in [2.75, 3.05) is 26.0 Å². The van der Waals surface area contributed by atoms with Crippen molar-refractivity contribution in [3.05, 3.63) is 21.1 Å². The van der Waals surface area contributed by atoms with Gasteiger partial charge in [-0.05, 0) is 21.0 Å². The SMILES string of the molecule is Cc1nc(C(=O)Nc2nnc(CCN(C)C)s2)cs1. The highest BCUT2D eigenvalue weighted by Crippen LogP contribution is 2.17. The number of likely N-dealkylation sites (N-methyl/N-ethyl adjacent to an activating group) is 1. The van der Waals surface area contributed by atoms with Crippen molar-refractivity contribution in [2.45, 2.75) is 13.3 Å². The maximum absolute atomic E-state index is 11.9. The van der Waals surface area contributed by atoms with Crippen LogP contribution in [-0.4, -0.2) is 46.6 Å². The number of hydrogen-bond donors (Lipinski definition) is 1. The normalized spacial score (nSPS) is 10.9. The third-order valence-corrected chi connectivity index (χ3v) is 3.98. The summed E-state index contributed by atoms with van der Waals surface area (Å²) in [5, 5.41) is 14.8. The molecule has 0 saturated carbocycles. The summed E-state index contributed by atoms with van der Waals surface area (Å²) in [5.41, 5.74) is 0.424. The quantitative estimate of drug-likeness (QED) is 0.909. The molecular weight excluding hydrogens is 282 g/mol. The Morgan fingerprint density at radius 2 is 2.21 bits per heavy atom. The number of carbonyl (C=O) groups is 1. The van der Waals surface area contributed by atoms with E-state index >= 15 is 0 Å². The smallest absolute Gasteiger partial charge is 0.276 e. The standard InChI is InChI=1S/C11H15N5OS2/c1-7-12-8(6-18-7)10(17)13-11-15-14-9(19-11)4-5-16(2)3/h6H,4-5H2,1-3H3,(H,13,15,17). The minimum atomic E-state index is -0.236. The maximum atomic E-state index is 11.9. The zero-order chi connectivity index (χ0) is 13.8. The molecule has 2 aromatic heterocycles. The van der Waals surface area contributed by atoms with Crippen LogP contribution >= 0.6 is 22.7 Å². The average Bonchev–Trinajstić information content (AvgIpc) is 2.95. The molecule has 19 heavy (non-hydrogen) atoms. The highest BCUT2D eigenvalue weighted by atomic mass is 32.1. The average molecular weight is 297 g/mol. The largest absolute Gasteiger partial charge is 0.309 e. The first-order valence-electron chi connectivity index (χ1n) is 5.75. The van der Waals surface area contributed by atoms with Gasteiger partial charge >= 0.3 is 0 Å². The number of carbonyl (C=O) groups excluding carboxylic acids is 1. The number of hydrogen-bond acceptors (Lipinski definition) is 7. The van der Waals surface area contributed by atoms with Crippen LogP contribution in [0.4, 0.5) is 5.13 Å². The van der Waals surface area contributed by atoms with Gasteiger partial charge in [-0.15, -0.1) is 21.5 Å². The first kappa shape index (κ1) is 14.0. The molecule has 0 aliphatic heterocycles. The Bertz CT molecular complexity index is 563. The minimum Gasteiger partial charge on any atom is -0.309 e. The van der Waals surface area contributed by atoms with E-state index in [1.54, 1.807) is 5.38 Å². The van der Waals surface area contributed by atoms with E-state index in [0.717, 1.165) is 23.0 Å². The third-order valence-electron chi connectivity index (χ3n) is 2.31. The van der Waals surface area contributed by atoms with Gasteiger partial charge in [0.15, 0.2) is 0 Å². The Balaban J connectivity index is 1.94. The summed E-state index contributed by atoms with van der Waals surface area (Å²) in [6, 6.07) is 0. The molecule has 2 rings (SSSR count). The highest BCUT2D eigenvalue weighted by molar-refractivity contribution is 7.15. The van der Waals surface area contributed by atoms with Crippen LogP contribution < -0.4 is 5.32 Å². The lowest BCUT2D eigenvalue weighted by Gasteiger charge is -2.05. The number of nitrogens with zero attached hydrogens (tertiary/aromatic N) is 4. The first-order valence-corrected chi connectivity index (χ1v) is 7.45. The fourth-order valence-electron chi connectivity index (χ4n) is 1.35. The molecule has 0 atom stereocenters. The van der Waals surface area contributed by atoms with Crippen LogP contribution in [0, 0.1) is 6.92 Å². The summed E-state index contributed by atoms with van der Waals surface area (Å²) in [6.45, 7) is 2.78. The van der Waals surface area contributed by atoms with Gasteiger partial charge in [-0.3, -0.25) is 10.1 Å². The van der Waals surface area contributed by atoms with Gasteiger partial charge in [0.1, 0.15) is 10.7 Å². The molecular formula is C11H15N5OS2. The van der Waals surface area contributed by atoms with E-state index < -0.39 is 0 Å². The predicted octanol–water partition coefficient (Wildman–Crippen LogP) is 1.66. The van der Waals surface area contributed by atoms with Crippen molar-refractivity contribution in [3.63, 3.8) is 0 Å². The summed E-state index contributed by atoms with van der Waals surface area (Å²) in [6.07, 6.45) is 0.830. The molecule has 0 saturated heterocycles. The molecule has 0 fully saturated rings. The molecule has 1 amide bonds. The van der Waals surface area contributed by atoms with Crippen molar-refractivity contribution in [3.8, 4) is 0 Å². The summed E-state index contributed by atoms with van der Waals surface area (Å²) in [7, 11) is 4.02. The van der Waals surface area contributed by atoms with Gasteiger partial charge in [0.25, 0.3) is 5.91 Å². The molecule has 0 radical (unpaired) electrons. The number of aromatic nitrogens is 3. The van der Waals surface area contributed by atoms with E-state index in [1.807, 2.05) is 21.0 Å². The second-order valence-electron chi connectivity index (χ2n) is 4.26. The molecule has 2 aromatic rings. The van der Waals surface area contributed by atoms with Crippen molar-refractivity contribution >= 4 is 33.7 Å². The lowest BCUT2D eigenvalue weighted by molar-refractivity contribution is 0.102. The monoisotopic (exact) mass is 297 g/mol. The molecule has 1 N–H and O–H groups in total. The summed E-state index contributed by atoms with van der Waals surface area (Å²) >= 11 is 2.85. The van der Waals surface area contributed by atoms with Gasteiger partial charge in [-0.2, -0.15) is 0 Å². The van der Waals surface area contributed by atoms with E-state index in [9.17, 15) is 4.79 Å². The van der Waals surface area contributed by atoms with Crippen LogP contribution in [0.2, 0.25) is 0 Å². The highest BCUT2D eigenvalue weighted by Gasteiger charge is 2.12. The van der Waals surface area contributed by atoms with E-state index in [4.69, 9.17) is 0 Å². The molecule has 8 heteroatoms. The van der Waals surface area contributed by atoms with Crippen LogP contribution in [0.1, 0.15) is 20.5 Å². The van der Waals surface area contributed by atoms with Gasteiger partial charge < -0.3 is 4.90 Å². The second-order valence-corrected chi connectivity index (χ2v) is 6.38. The molecule has 0 aliphatic carbocycles. The molecule has 0 aliphatic rings. The van der Waals surface area contributed by atoms with Crippen molar-refractivity contribution < 1.29 is 4.79 Å². The zero-order valence-electron chi connectivity index (χ0n) is 11.0. The predicted molar refractivity (Wildman–Crippen MR) is 77.0 cm³/mol. The van der Waals surface area contributed by atoms with Crippen LogP contribution in [0.5, 0.6) is 0 Å². The lowest BCUT2D eigenvalue weighted by Crippen LogP contribution is -2.14. The number of anilines is 1. The van der Waals surface area contributed by atoms with E-state index in [2.05, 4.69) is 25.4 Å². The zero-order valence-corrected chi connectivity index (χ0v) is 12.6. The van der Waals surface area contributed by atoms with E-state index in [1.165, 1.54) is 22.7 Å². The maximum Gasteiger partial charge on any atom is 0.276 e.